The Balaban J connectivity index is 2.94. The van der Waals surface area contributed by atoms with E-state index in [1.807, 2.05) is 0 Å². The Kier molecular flexibility index (Phi) is 3.90. The van der Waals surface area contributed by atoms with Gasteiger partial charge in [-0.25, -0.2) is 0 Å². The Morgan fingerprint density at radius 2 is 1.71 bits per heavy atom. The Morgan fingerprint density at radius 3 is 2.18 bits per heavy atom. The fourth-order valence-electron chi connectivity index (χ4n) is 1.62. The highest BCUT2D eigenvalue weighted by molar-refractivity contribution is 5.82. The van der Waals surface area contributed by atoms with Crippen LogP contribution in [0.5, 0.6) is 0 Å². The first-order valence-electron chi connectivity index (χ1n) is 4.79. The van der Waals surface area contributed by atoms with E-state index in [1.54, 1.807) is 0 Å². The lowest BCUT2D eigenvalue weighted by molar-refractivity contribution is -0.213. The molecule has 1 rings (SSSR count). The summed E-state index contributed by atoms with van der Waals surface area (Å²) in [5, 5.41) is 2.52. The average molecular weight is 264 g/mol. The van der Waals surface area contributed by atoms with E-state index in [0.29, 0.717) is 0 Å². The van der Waals surface area contributed by atoms with Crippen molar-refractivity contribution in [3.05, 3.63) is 0 Å². The fraction of sp³-hybridized carbons (Fsp3) is 0.875. The molecule has 17 heavy (non-hydrogen) atoms. The van der Waals surface area contributed by atoms with E-state index >= 15 is 0 Å². The van der Waals surface area contributed by atoms with E-state index in [0.717, 1.165) is 0 Å². The van der Waals surface area contributed by atoms with Crippen molar-refractivity contribution in [2.45, 2.75) is 24.8 Å². The quantitative estimate of drug-likeness (QED) is 0.669. The molecule has 1 aliphatic rings. The van der Waals surface area contributed by atoms with Crippen LogP contribution in [0.3, 0.4) is 0 Å². The van der Waals surface area contributed by atoms with Crippen molar-refractivity contribution in [3.8, 4) is 0 Å². The molecule has 0 spiro atoms. The third-order valence-electron chi connectivity index (χ3n) is 2.38. The molecule has 1 unspecified atom stereocenters. The van der Waals surface area contributed by atoms with Crippen molar-refractivity contribution in [1.29, 1.82) is 0 Å². The lowest BCUT2D eigenvalue weighted by Crippen LogP contribution is -2.53. The van der Waals surface area contributed by atoms with Gasteiger partial charge in [0.15, 0.2) is 0 Å². The molecule has 9 heteroatoms. The van der Waals surface area contributed by atoms with E-state index in [2.05, 4.69) is 5.32 Å². The standard InChI is InChI=1S/C8H10F6N2O/c9-7(10,11)5-1-2-15-3-4-16(5)6(17)8(12,13)14/h5,15H,1-4H2. The van der Waals surface area contributed by atoms with Gasteiger partial charge >= 0.3 is 18.3 Å². The molecule has 0 aliphatic carbocycles. The van der Waals surface area contributed by atoms with Gasteiger partial charge in [-0.3, -0.25) is 4.79 Å². The van der Waals surface area contributed by atoms with Crippen molar-refractivity contribution in [3.63, 3.8) is 0 Å². The van der Waals surface area contributed by atoms with Crippen molar-refractivity contribution in [2.24, 2.45) is 0 Å². The van der Waals surface area contributed by atoms with Gasteiger partial charge in [-0.15, -0.1) is 0 Å². The Morgan fingerprint density at radius 1 is 1.12 bits per heavy atom. The minimum absolute atomic E-state index is 0.0776. The normalized spacial score (nSPS) is 23.4. The first-order chi connectivity index (χ1) is 7.64. The van der Waals surface area contributed by atoms with Crippen LogP contribution >= 0.6 is 0 Å². The van der Waals surface area contributed by atoms with Crippen molar-refractivity contribution >= 4 is 5.91 Å². The Bertz CT molecular complexity index is 287. The molecule has 1 amide bonds. The second kappa shape index (κ2) is 4.71. The topological polar surface area (TPSA) is 32.3 Å². The van der Waals surface area contributed by atoms with Crippen LogP contribution in [0.4, 0.5) is 26.3 Å². The highest BCUT2D eigenvalue weighted by atomic mass is 19.4. The van der Waals surface area contributed by atoms with Crippen LogP contribution in [0.25, 0.3) is 0 Å². The summed E-state index contributed by atoms with van der Waals surface area (Å²) < 4.78 is 74.0. The molecule has 0 bridgehead atoms. The van der Waals surface area contributed by atoms with Gasteiger partial charge in [0.2, 0.25) is 0 Å². The van der Waals surface area contributed by atoms with E-state index in [1.165, 1.54) is 0 Å². The smallest absolute Gasteiger partial charge is 0.321 e. The van der Waals surface area contributed by atoms with Gasteiger partial charge < -0.3 is 10.2 Å². The van der Waals surface area contributed by atoms with Crippen LogP contribution in [-0.2, 0) is 4.79 Å². The molecule has 1 heterocycles. The summed E-state index contributed by atoms with van der Waals surface area (Å²) in [6.45, 7) is -0.775. The van der Waals surface area contributed by atoms with Crippen LogP contribution in [0, 0.1) is 0 Å². The number of nitrogens with one attached hydrogen (secondary N) is 1. The highest BCUT2D eigenvalue weighted by Crippen LogP contribution is 2.30. The second-order valence-electron chi connectivity index (χ2n) is 3.59. The molecule has 0 saturated carbocycles. The SMILES string of the molecule is O=C(N1CCNCCC1C(F)(F)F)C(F)(F)F. The first kappa shape index (κ1) is 14.1. The highest BCUT2D eigenvalue weighted by Gasteiger charge is 2.52. The number of hydrogen-bond acceptors (Lipinski definition) is 2. The molecule has 3 nitrogen and oxygen atoms in total. The predicted molar refractivity (Wildman–Crippen MR) is 45.1 cm³/mol. The summed E-state index contributed by atoms with van der Waals surface area (Å²) in [5.41, 5.74) is 0. The lowest BCUT2D eigenvalue weighted by atomic mass is 10.1. The summed E-state index contributed by atoms with van der Waals surface area (Å²) in [5.74, 6) is -2.44. The largest absolute Gasteiger partial charge is 0.471 e. The Hall–Kier alpha value is -0.990. The van der Waals surface area contributed by atoms with E-state index in [4.69, 9.17) is 0 Å². The van der Waals surface area contributed by atoms with Gasteiger partial charge in [0.1, 0.15) is 6.04 Å². The van der Waals surface area contributed by atoms with Gasteiger partial charge in [0.05, 0.1) is 0 Å². The molecular weight excluding hydrogens is 254 g/mol. The molecule has 1 aliphatic heterocycles. The number of carbonyl (C=O) groups excluding carboxylic acids is 1. The first-order valence-corrected chi connectivity index (χ1v) is 4.79. The monoisotopic (exact) mass is 264 g/mol. The number of halogens is 6. The van der Waals surface area contributed by atoms with Gasteiger partial charge in [0.25, 0.3) is 0 Å². The zero-order valence-corrected chi connectivity index (χ0v) is 8.53. The minimum Gasteiger partial charge on any atom is -0.321 e. The molecule has 100 valence electrons. The molecular formula is C8H10F6N2O. The maximum absolute atomic E-state index is 12.5. The average Bonchev–Trinajstić information content (AvgIpc) is 2.38. The van der Waals surface area contributed by atoms with Crippen molar-refractivity contribution in [1.82, 2.24) is 10.2 Å². The molecule has 0 aromatic carbocycles. The van der Waals surface area contributed by atoms with Crippen LogP contribution in [0.1, 0.15) is 6.42 Å². The summed E-state index contributed by atoms with van der Waals surface area (Å²) in [4.78, 5) is 10.7. The van der Waals surface area contributed by atoms with E-state index < -0.39 is 37.3 Å². The van der Waals surface area contributed by atoms with Crippen molar-refractivity contribution in [2.75, 3.05) is 19.6 Å². The zero-order chi connectivity index (χ0) is 13.3. The lowest BCUT2D eigenvalue weighted by Gasteiger charge is -2.31. The number of hydrogen-bond donors (Lipinski definition) is 1. The number of amides is 1. The fourth-order valence-corrected chi connectivity index (χ4v) is 1.62. The molecule has 0 radical (unpaired) electrons. The number of nitrogens with zero attached hydrogens (tertiary/aromatic N) is 1. The maximum Gasteiger partial charge on any atom is 0.471 e. The van der Waals surface area contributed by atoms with E-state index in [9.17, 15) is 31.1 Å². The molecule has 1 fully saturated rings. The van der Waals surface area contributed by atoms with E-state index in [-0.39, 0.29) is 18.0 Å². The van der Waals surface area contributed by atoms with Crippen LogP contribution in [0.2, 0.25) is 0 Å². The Labute approximate surface area is 92.8 Å². The number of rotatable bonds is 0. The summed E-state index contributed by atoms with van der Waals surface area (Å²) in [7, 11) is 0. The van der Waals surface area contributed by atoms with Crippen molar-refractivity contribution < 1.29 is 31.1 Å². The second-order valence-corrected chi connectivity index (χ2v) is 3.59. The number of alkyl halides is 6. The number of carbonyl (C=O) groups is 1. The molecule has 0 aromatic heterocycles. The van der Waals surface area contributed by atoms with Gasteiger partial charge in [-0.2, -0.15) is 26.3 Å². The van der Waals surface area contributed by atoms with Gasteiger partial charge in [-0.05, 0) is 13.0 Å². The minimum atomic E-state index is -5.28. The maximum atomic E-state index is 12.5. The molecule has 1 atom stereocenters. The summed E-state index contributed by atoms with van der Waals surface area (Å²) in [6.07, 6.45) is -10.7. The molecule has 1 saturated heterocycles. The zero-order valence-electron chi connectivity index (χ0n) is 8.53. The van der Waals surface area contributed by atoms with Crippen LogP contribution < -0.4 is 5.32 Å². The summed E-state index contributed by atoms with van der Waals surface area (Å²) in [6, 6.07) is -2.38. The predicted octanol–water partition coefficient (Wildman–Crippen LogP) is 1.30. The van der Waals surface area contributed by atoms with Crippen LogP contribution in [-0.4, -0.2) is 48.8 Å². The summed E-state index contributed by atoms with van der Waals surface area (Å²) >= 11 is 0. The molecule has 1 N–H and O–H groups in total. The molecule has 0 aromatic rings. The van der Waals surface area contributed by atoms with Gasteiger partial charge in [-0.1, -0.05) is 0 Å². The third kappa shape index (κ3) is 3.48. The van der Waals surface area contributed by atoms with Crippen LogP contribution in [0.15, 0.2) is 0 Å². The third-order valence-corrected chi connectivity index (χ3v) is 2.38. The van der Waals surface area contributed by atoms with Gasteiger partial charge in [0, 0.05) is 13.1 Å².